The maximum Gasteiger partial charge on any atom is 0.417 e. The summed E-state index contributed by atoms with van der Waals surface area (Å²) in [6.07, 6.45) is -0.382. The smallest absolute Gasteiger partial charge is 0.398 e. The van der Waals surface area contributed by atoms with Crippen molar-refractivity contribution >= 4 is 29.4 Å². The predicted octanol–water partition coefficient (Wildman–Crippen LogP) is 4.23. The molecular weight excluding hydrogens is 516 g/mol. The van der Waals surface area contributed by atoms with Crippen molar-refractivity contribution in [1.29, 1.82) is 0 Å². The van der Waals surface area contributed by atoms with Gasteiger partial charge in [0.1, 0.15) is 11.6 Å². The van der Waals surface area contributed by atoms with Crippen molar-refractivity contribution in [2.24, 2.45) is 16.6 Å². The molecular formula is C27H24F4N6O2. The third-order valence-electron chi connectivity index (χ3n) is 6.10. The number of nitrogens with zero attached hydrogens (tertiary/aromatic N) is 3. The van der Waals surface area contributed by atoms with E-state index in [1.807, 2.05) is 0 Å². The number of rotatable bonds is 7. The number of allylic oxidation sites excluding steroid dienone is 1. The first-order chi connectivity index (χ1) is 18.6. The number of hydrogen-bond acceptors (Lipinski definition) is 6. The van der Waals surface area contributed by atoms with Gasteiger partial charge in [-0.05, 0) is 24.6 Å². The Bertz CT molecular complexity index is 1450. The molecule has 0 saturated carbocycles. The summed E-state index contributed by atoms with van der Waals surface area (Å²) in [7, 11) is 1.40. The molecule has 4 rings (SSSR count). The van der Waals surface area contributed by atoms with Crippen LogP contribution in [0.5, 0.6) is 0 Å². The lowest BCUT2D eigenvalue weighted by molar-refractivity contribution is -0.138. The summed E-state index contributed by atoms with van der Waals surface area (Å²) in [4.78, 5) is 37.6. The molecule has 1 saturated heterocycles. The molecule has 1 fully saturated rings. The summed E-state index contributed by atoms with van der Waals surface area (Å²) < 4.78 is 55.7. The number of nitrogens with one attached hydrogen (secondary N) is 2. The molecule has 4 N–H and O–H groups in total. The number of alkyl halides is 3. The predicted molar refractivity (Wildman–Crippen MR) is 138 cm³/mol. The summed E-state index contributed by atoms with van der Waals surface area (Å²) in [6.45, 7) is 0.564. The topological polar surface area (TPSA) is 122 Å². The van der Waals surface area contributed by atoms with E-state index < -0.39 is 34.6 Å². The maximum absolute atomic E-state index is 14.9. The molecule has 1 aliphatic rings. The van der Waals surface area contributed by atoms with Crippen LogP contribution in [0.3, 0.4) is 0 Å². The Morgan fingerprint density at radius 1 is 1.23 bits per heavy atom. The quantitative estimate of drug-likeness (QED) is 0.306. The van der Waals surface area contributed by atoms with Gasteiger partial charge in [0, 0.05) is 49.0 Å². The minimum atomic E-state index is -4.92. The molecule has 12 heteroatoms. The van der Waals surface area contributed by atoms with E-state index in [9.17, 15) is 27.2 Å². The second-order valence-electron chi connectivity index (χ2n) is 8.75. The number of nitrogens with two attached hydrogens (primary N) is 1. The van der Waals surface area contributed by atoms with Gasteiger partial charge in [0.25, 0.3) is 5.91 Å². The van der Waals surface area contributed by atoms with Crippen LogP contribution in [0.15, 0.2) is 59.7 Å². The Hall–Kier alpha value is -4.61. The van der Waals surface area contributed by atoms with Crippen molar-refractivity contribution in [2.45, 2.75) is 19.0 Å². The average molecular weight is 541 g/mol. The van der Waals surface area contributed by atoms with E-state index in [0.29, 0.717) is 30.0 Å². The highest BCUT2D eigenvalue weighted by Crippen LogP contribution is 2.36. The first kappa shape index (κ1) is 27.4. The van der Waals surface area contributed by atoms with E-state index in [4.69, 9.17) is 5.73 Å². The first-order valence-electron chi connectivity index (χ1n) is 11.9. The number of aromatic nitrogens is 2. The molecule has 0 spiro atoms. The van der Waals surface area contributed by atoms with Crippen molar-refractivity contribution in [1.82, 2.24) is 15.3 Å². The molecule has 2 heterocycles. The lowest BCUT2D eigenvalue weighted by Gasteiger charge is -2.16. The van der Waals surface area contributed by atoms with Gasteiger partial charge in [0.15, 0.2) is 0 Å². The fourth-order valence-electron chi connectivity index (χ4n) is 4.14. The van der Waals surface area contributed by atoms with Crippen molar-refractivity contribution in [3.63, 3.8) is 0 Å². The van der Waals surface area contributed by atoms with Gasteiger partial charge in [-0.15, -0.1) is 0 Å². The van der Waals surface area contributed by atoms with Crippen molar-refractivity contribution < 1.29 is 27.2 Å². The van der Waals surface area contributed by atoms with E-state index in [0.717, 1.165) is 12.1 Å². The SMILES string of the molecule is CN=CC=C(N)c1cc(C(=O)Nc2cnc(CC3CCNC3=O)nc2-c2ccccc2)c(F)cc1C(F)(F)F. The largest absolute Gasteiger partial charge is 0.417 e. The number of halogens is 4. The highest BCUT2D eigenvalue weighted by Gasteiger charge is 2.36. The van der Waals surface area contributed by atoms with Crippen LogP contribution in [0.2, 0.25) is 0 Å². The van der Waals surface area contributed by atoms with E-state index in [1.165, 1.54) is 19.5 Å². The molecule has 1 aliphatic heterocycles. The molecule has 3 aromatic rings. The van der Waals surface area contributed by atoms with E-state index >= 15 is 0 Å². The molecule has 1 unspecified atom stereocenters. The average Bonchev–Trinajstić information content (AvgIpc) is 3.31. The Morgan fingerprint density at radius 3 is 2.62 bits per heavy atom. The van der Waals surface area contributed by atoms with Crippen LogP contribution in [0.1, 0.15) is 33.7 Å². The standard InChI is InChI=1S/C27H24F4N6O2/c1-33-9-8-21(32)17-12-18(20(28)13-19(17)27(29,30)31)26(39)36-22-14-35-23(11-16-7-10-34-25(16)38)37-24(22)15-5-3-2-4-6-15/h2-6,8-9,12-14,16H,7,10-11,32H2,1H3,(H,34,38)(H,36,39). The normalized spacial score (nSPS) is 16.0. The molecule has 2 aromatic carbocycles. The third kappa shape index (κ3) is 6.28. The molecule has 202 valence electrons. The van der Waals surface area contributed by atoms with Gasteiger partial charge >= 0.3 is 6.18 Å². The van der Waals surface area contributed by atoms with E-state index in [2.05, 4.69) is 25.6 Å². The van der Waals surface area contributed by atoms with Crippen LogP contribution in [0.4, 0.5) is 23.2 Å². The number of amides is 2. The number of hydrogen-bond donors (Lipinski definition) is 3. The molecule has 2 amide bonds. The van der Waals surface area contributed by atoms with Crippen molar-refractivity contribution in [3.8, 4) is 11.3 Å². The Kier molecular flexibility index (Phi) is 8.03. The maximum atomic E-state index is 14.9. The van der Waals surface area contributed by atoms with Crippen LogP contribution in [-0.4, -0.2) is 41.6 Å². The summed E-state index contributed by atoms with van der Waals surface area (Å²) in [5.41, 5.74) is 3.91. The summed E-state index contributed by atoms with van der Waals surface area (Å²) >= 11 is 0. The highest BCUT2D eigenvalue weighted by molar-refractivity contribution is 6.06. The van der Waals surface area contributed by atoms with Crippen LogP contribution in [0.25, 0.3) is 17.0 Å². The molecule has 0 aliphatic carbocycles. The van der Waals surface area contributed by atoms with Gasteiger partial charge in [-0.25, -0.2) is 14.4 Å². The molecule has 0 bridgehead atoms. The third-order valence-corrected chi connectivity index (χ3v) is 6.10. The van der Waals surface area contributed by atoms with Gasteiger partial charge in [-0.3, -0.25) is 14.6 Å². The summed E-state index contributed by atoms with van der Waals surface area (Å²) in [5.74, 6) is -2.42. The molecule has 1 aromatic heterocycles. The number of benzene rings is 2. The van der Waals surface area contributed by atoms with Gasteiger partial charge in [-0.1, -0.05) is 30.3 Å². The Morgan fingerprint density at radius 2 is 1.97 bits per heavy atom. The van der Waals surface area contributed by atoms with Gasteiger partial charge in [-0.2, -0.15) is 13.2 Å². The lowest BCUT2D eigenvalue weighted by atomic mass is 9.99. The second-order valence-corrected chi connectivity index (χ2v) is 8.75. The minimum Gasteiger partial charge on any atom is -0.398 e. The monoisotopic (exact) mass is 540 g/mol. The van der Waals surface area contributed by atoms with Gasteiger partial charge in [0.05, 0.1) is 28.7 Å². The Labute approximate surface area is 221 Å². The van der Waals surface area contributed by atoms with E-state index in [1.54, 1.807) is 30.3 Å². The zero-order chi connectivity index (χ0) is 28.2. The molecule has 39 heavy (non-hydrogen) atoms. The fraction of sp³-hybridized carbons (Fsp3) is 0.222. The number of carbonyl (C=O) groups is 2. The number of anilines is 1. The molecule has 0 radical (unpaired) electrons. The van der Waals surface area contributed by atoms with Crippen molar-refractivity contribution in [3.05, 3.63) is 83.1 Å². The van der Waals surface area contributed by atoms with E-state index in [-0.39, 0.29) is 35.7 Å². The second kappa shape index (κ2) is 11.4. The summed E-state index contributed by atoms with van der Waals surface area (Å²) in [6, 6.07) is 9.75. The highest BCUT2D eigenvalue weighted by atomic mass is 19.4. The van der Waals surface area contributed by atoms with Crippen LogP contribution in [-0.2, 0) is 17.4 Å². The fourth-order valence-corrected chi connectivity index (χ4v) is 4.14. The van der Waals surface area contributed by atoms with Crippen LogP contribution in [0, 0.1) is 11.7 Å². The van der Waals surface area contributed by atoms with Gasteiger partial charge in [0.2, 0.25) is 5.91 Å². The van der Waals surface area contributed by atoms with Crippen LogP contribution < -0.4 is 16.4 Å². The summed E-state index contributed by atoms with van der Waals surface area (Å²) in [5, 5.41) is 5.27. The lowest BCUT2D eigenvalue weighted by Crippen LogP contribution is -2.21. The van der Waals surface area contributed by atoms with Crippen molar-refractivity contribution in [2.75, 3.05) is 18.9 Å². The molecule has 8 nitrogen and oxygen atoms in total. The van der Waals surface area contributed by atoms with Crippen LogP contribution >= 0.6 is 0 Å². The molecule has 1 atom stereocenters. The zero-order valence-corrected chi connectivity index (χ0v) is 20.7. The van der Waals surface area contributed by atoms with Gasteiger partial charge < -0.3 is 16.4 Å². The Balaban J connectivity index is 1.72. The first-order valence-corrected chi connectivity index (χ1v) is 11.9. The number of carbonyl (C=O) groups excluding carboxylic acids is 2. The number of aliphatic imine (C=N–C) groups is 1. The minimum absolute atomic E-state index is 0.0932. The zero-order valence-electron chi connectivity index (χ0n) is 20.7.